The second-order valence-electron chi connectivity index (χ2n) is 7.41. The number of benzene rings is 2. The topological polar surface area (TPSA) is 75.5 Å². The average Bonchev–Trinajstić information content (AvgIpc) is 3.51. The van der Waals surface area contributed by atoms with Crippen molar-refractivity contribution in [1.82, 2.24) is 4.90 Å². The van der Waals surface area contributed by atoms with Crippen LogP contribution in [0.25, 0.3) is 0 Å². The number of alkyl halides is 3. The lowest BCUT2D eigenvalue weighted by Gasteiger charge is -2.24. The normalized spacial score (nSPS) is 14.0. The van der Waals surface area contributed by atoms with Crippen molar-refractivity contribution in [3.05, 3.63) is 69.3 Å². The summed E-state index contributed by atoms with van der Waals surface area (Å²) in [6, 6.07) is 9.84. The van der Waals surface area contributed by atoms with E-state index in [-0.39, 0.29) is 36.2 Å². The fourth-order valence-corrected chi connectivity index (χ4v) is 3.34. The molecule has 1 amide bonds. The Balaban J connectivity index is 1.62. The molecule has 2 aromatic rings. The number of nitro benzene ring substituents is 1. The van der Waals surface area contributed by atoms with E-state index < -0.39 is 16.7 Å². The van der Waals surface area contributed by atoms with Gasteiger partial charge in [-0.2, -0.15) is 13.2 Å². The SMILES string of the molecule is Cc1cc([N+](=O)[O-])ccc1NC(=O)CCN(Cc1ccccc1C(F)(F)F)C1CC1. The first kappa shape index (κ1) is 21.8. The molecular formula is C21H22F3N3O3. The van der Waals surface area contributed by atoms with Gasteiger partial charge >= 0.3 is 6.18 Å². The minimum Gasteiger partial charge on any atom is -0.326 e. The number of nitrogens with one attached hydrogen (secondary N) is 1. The lowest BCUT2D eigenvalue weighted by molar-refractivity contribution is -0.384. The van der Waals surface area contributed by atoms with Crippen LogP contribution < -0.4 is 5.32 Å². The predicted octanol–water partition coefficient (Wildman–Crippen LogP) is 4.92. The minimum atomic E-state index is -4.42. The molecule has 0 heterocycles. The Morgan fingerprint density at radius 2 is 1.93 bits per heavy atom. The van der Waals surface area contributed by atoms with Gasteiger partial charge in [-0.1, -0.05) is 18.2 Å². The van der Waals surface area contributed by atoms with Crippen LogP contribution in [0, 0.1) is 17.0 Å². The molecule has 3 rings (SSSR count). The van der Waals surface area contributed by atoms with Gasteiger partial charge < -0.3 is 5.32 Å². The molecule has 0 aliphatic heterocycles. The van der Waals surface area contributed by atoms with Gasteiger partial charge in [0, 0.05) is 43.4 Å². The Morgan fingerprint density at radius 3 is 2.53 bits per heavy atom. The predicted molar refractivity (Wildman–Crippen MR) is 106 cm³/mol. The molecule has 6 nitrogen and oxygen atoms in total. The van der Waals surface area contributed by atoms with Crippen molar-refractivity contribution in [3.8, 4) is 0 Å². The van der Waals surface area contributed by atoms with E-state index in [1.807, 2.05) is 4.90 Å². The maximum absolute atomic E-state index is 13.3. The smallest absolute Gasteiger partial charge is 0.326 e. The van der Waals surface area contributed by atoms with Crippen LogP contribution in [0.15, 0.2) is 42.5 Å². The number of aryl methyl sites for hydroxylation is 1. The number of halogens is 3. The summed E-state index contributed by atoms with van der Waals surface area (Å²) < 4.78 is 39.8. The average molecular weight is 421 g/mol. The summed E-state index contributed by atoms with van der Waals surface area (Å²) in [5, 5.41) is 13.5. The van der Waals surface area contributed by atoms with E-state index in [1.54, 1.807) is 13.0 Å². The second kappa shape index (κ2) is 8.83. The molecule has 1 fully saturated rings. The number of amides is 1. The van der Waals surface area contributed by atoms with Crippen LogP contribution in [0.5, 0.6) is 0 Å². The first-order valence-electron chi connectivity index (χ1n) is 9.59. The third-order valence-corrected chi connectivity index (χ3v) is 5.08. The molecule has 1 N–H and O–H groups in total. The molecule has 30 heavy (non-hydrogen) atoms. The number of non-ortho nitro benzene ring substituents is 1. The first-order chi connectivity index (χ1) is 14.1. The zero-order valence-corrected chi connectivity index (χ0v) is 16.4. The summed E-state index contributed by atoms with van der Waals surface area (Å²) in [5.74, 6) is -0.290. The van der Waals surface area contributed by atoms with E-state index in [1.165, 1.54) is 30.3 Å². The van der Waals surface area contributed by atoms with Gasteiger partial charge in [-0.05, 0) is 43.0 Å². The molecule has 9 heteroatoms. The number of nitrogens with zero attached hydrogens (tertiary/aromatic N) is 2. The molecule has 0 atom stereocenters. The number of rotatable bonds is 8. The maximum Gasteiger partial charge on any atom is 0.416 e. The molecule has 0 bridgehead atoms. The Labute approximate surface area is 171 Å². The highest BCUT2D eigenvalue weighted by Crippen LogP contribution is 2.34. The van der Waals surface area contributed by atoms with Crippen molar-refractivity contribution in [2.24, 2.45) is 0 Å². The molecule has 0 saturated heterocycles. The fraction of sp³-hybridized carbons (Fsp3) is 0.381. The number of hydrogen-bond donors (Lipinski definition) is 1. The molecule has 0 unspecified atom stereocenters. The molecular weight excluding hydrogens is 399 g/mol. The standard InChI is InChI=1S/C21H22F3N3O3/c1-14-12-17(27(29)30)8-9-19(14)25-20(28)10-11-26(16-6-7-16)13-15-4-2-3-5-18(15)21(22,23)24/h2-5,8-9,12,16H,6-7,10-11,13H2,1H3,(H,25,28). The van der Waals surface area contributed by atoms with Gasteiger partial charge in [-0.15, -0.1) is 0 Å². The van der Waals surface area contributed by atoms with E-state index >= 15 is 0 Å². The molecule has 0 spiro atoms. The van der Waals surface area contributed by atoms with E-state index in [4.69, 9.17) is 0 Å². The largest absolute Gasteiger partial charge is 0.416 e. The van der Waals surface area contributed by atoms with E-state index in [2.05, 4.69) is 5.32 Å². The van der Waals surface area contributed by atoms with Gasteiger partial charge in [0.25, 0.3) is 5.69 Å². The van der Waals surface area contributed by atoms with E-state index in [0.717, 1.165) is 18.9 Å². The Morgan fingerprint density at radius 1 is 1.23 bits per heavy atom. The van der Waals surface area contributed by atoms with Gasteiger partial charge in [0.2, 0.25) is 5.91 Å². The number of nitro groups is 1. The summed E-state index contributed by atoms with van der Waals surface area (Å²) >= 11 is 0. The first-order valence-corrected chi connectivity index (χ1v) is 9.59. The monoisotopic (exact) mass is 421 g/mol. The third-order valence-electron chi connectivity index (χ3n) is 5.08. The van der Waals surface area contributed by atoms with Crippen LogP contribution in [0.1, 0.15) is 36.0 Å². The van der Waals surface area contributed by atoms with Crippen molar-refractivity contribution in [2.45, 2.75) is 44.9 Å². The summed E-state index contributed by atoms with van der Waals surface area (Å²) in [6.07, 6.45) is -2.51. The summed E-state index contributed by atoms with van der Waals surface area (Å²) in [4.78, 5) is 24.6. The molecule has 2 aromatic carbocycles. The summed E-state index contributed by atoms with van der Waals surface area (Å²) in [5.41, 5.74) is 0.528. The Hall–Kier alpha value is -2.94. The second-order valence-corrected chi connectivity index (χ2v) is 7.41. The zero-order chi connectivity index (χ0) is 21.9. The van der Waals surface area contributed by atoms with Crippen LogP contribution in [-0.2, 0) is 17.5 Å². The number of carbonyl (C=O) groups is 1. The fourth-order valence-electron chi connectivity index (χ4n) is 3.34. The number of anilines is 1. The van der Waals surface area contributed by atoms with Crippen LogP contribution in [0.3, 0.4) is 0 Å². The quantitative estimate of drug-likeness (QED) is 0.485. The lowest BCUT2D eigenvalue weighted by Crippen LogP contribution is -2.30. The van der Waals surface area contributed by atoms with E-state index in [9.17, 15) is 28.1 Å². The van der Waals surface area contributed by atoms with Gasteiger partial charge in [-0.3, -0.25) is 19.8 Å². The summed E-state index contributed by atoms with van der Waals surface area (Å²) in [7, 11) is 0. The van der Waals surface area contributed by atoms with Gasteiger partial charge in [-0.25, -0.2) is 0 Å². The van der Waals surface area contributed by atoms with Crippen molar-refractivity contribution < 1.29 is 22.9 Å². The highest BCUT2D eigenvalue weighted by molar-refractivity contribution is 5.91. The zero-order valence-electron chi connectivity index (χ0n) is 16.4. The number of hydrogen-bond acceptors (Lipinski definition) is 4. The van der Waals surface area contributed by atoms with Crippen molar-refractivity contribution in [2.75, 3.05) is 11.9 Å². The number of carbonyl (C=O) groups excluding carboxylic acids is 1. The third kappa shape index (κ3) is 5.56. The molecule has 0 aromatic heterocycles. The van der Waals surface area contributed by atoms with Crippen LogP contribution in [-0.4, -0.2) is 28.3 Å². The molecule has 160 valence electrons. The van der Waals surface area contributed by atoms with Crippen molar-refractivity contribution >= 4 is 17.3 Å². The van der Waals surface area contributed by atoms with E-state index in [0.29, 0.717) is 17.8 Å². The van der Waals surface area contributed by atoms with Gasteiger partial charge in [0.15, 0.2) is 0 Å². The highest BCUT2D eigenvalue weighted by Gasteiger charge is 2.35. The highest BCUT2D eigenvalue weighted by atomic mass is 19.4. The molecule has 1 aliphatic rings. The lowest BCUT2D eigenvalue weighted by atomic mass is 10.1. The van der Waals surface area contributed by atoms with Crippen LogP contribution in [0.2, 0.25) is 0 Å². The molecule has 1 saturated carbocycles. The Kier molecular flexibility index (Phi) is 6.40. The molecule has 1 aliphatic carbocycles. The maximum atomic E-state index is 13.3. The van der Waals surface area contributed by atoms with Gasteiger partial charge in [0.05, 0.1) is 10.5 Å². The summed E-state index contributed by atoms with van der Waals surface area (Å²) in [6.45, 7) is 2.12. The van der Waals surface area contributed by atoms with Crippen molar-refractivity contribution in [3.63, 3.8) is 0 Å². The van der Waals surface area contributed by atoms with Crippen LogP contribution >= 0.6 is 0 Å². The Bertz CT molecular complexity index is 943. The minimum absolute atomic E-state index is 0.0614. The van der Waals surface area contributed by atoms with Gasteiger partial charge in [0.1, 0.15) is 0 Å². The molecule has 0 radical (unpaired) electrons. The van der Waals surface area contributed by atoms with Crippen molar-refractivity contribution in [1.29, 1.82) is 0 Å². The van der Waals surface area contributed by atoms with Crippen LogP contribution in [0.4, 0.5) is 24.5 Å².